The van der Waals surface area contributed by atoms with Crippen LogP contribution in [0.3, 0.4) is 0 Å². The Bertz CT molecular complexity index is 712. The van der Waals surface area contributed by atoms with Gasteiger partial charge in [-0.05, 0) is 29.6 Å². The summed E-state index contributed by atoms with van der Waals surface area (Å²) in [7, 11) is 0. The third kappa shape index (κ3) is 2.83. The largest absolute Gasteiger partial charge is 0.396 e. The molecule has 0 amide bonds. The Kier molecular flexibility index (Phi) is 3.70. The van der Waals surface area contributed by atoms with E-state index in [1.54, 1.807) is 23.5 Å². The zero-order valence-electron chi connectivity index (χ0n) is 10.2. The van der Waals surface area contributed by atoms with Crippen molar-refractivity contribution in [2.45, 2.75) is 10.6 Å². The minimum Gasteiger partial charge on any atom is -0.396 e. The van der Waals surface area contributed by atoms with Crippen molar-refractivity contribution in [2.24, 2.45) is 0 Å². The highest BCUT2D eigenvalue weighted by Gasteiger charge is 2.10. The number of aromatic nitrogens is 2. The van der Waals surface area contributed by atoms with E-state index in [2.05, 4.69) is 10.1 Å². The number of nitrogens with zero attached hydrogens (tertiary/aromatic N) is 2. The molecule has 0 spiro atoms. The Morgan fingerprint density at radius 2 is 2.25 bits per heavy atom. The maximum Gasteiger partial charge on any atom is 0.237 e. The Morgan fingerprint density at radius 3 is 3.00 bits per heavy atom. The van der Waals surface area contributed by atoms with Crippen molar-refractivity contribution < 1.29 is 8.91 Å². The molecule has 20 heavy (non-hydrogen) atoms. The minimum absolute atomic E-state index is 0.145. The van der Waals surface area contributed by atoms with Crippen molar-refractivity contribution >= 4 is 28.8 Å². The molecule has 3 rings (SSSR count). The summed E-state index contributed by atoms with van der Waals surface area (Å²) in [5.74, 6) is 1.16. The Labute approximate surface area is 122 Å². The van der Waals surface area contributed by atoms with Crippen molar-refractivity contribution in [3.63, 3.8) is 0 Å². The summed E-state index contributed by atoms with van der Waals surface area (Å²) in [6.45, 7) is 0. The summed E-state index contributed by atoms with van der Waals surface area (Å²) in [5.41, 5.74) is 5.58. The first-order valence-corrected chi connectivity index (χ1v) is 7.63. The van der Waals surface area contributed by atoms with E-state index in [1.807, 2.05) is 17.5 Å². The fourth-order valence-electron chi connectivity index (χ4n) is 1.56. The second kappa shape index (κ2) is 5.64. The highest BCUT2D eigenvalue weighted by molar-refractivity contribution is 7.98. The van der Waals surface area contributed by atoms with Crippen LogP contribution < -0.4 is 5.73 Å². The summed E-state index contributed by atoms with van der Waals surface area (Å²) in [5, 5.41) is 5.88. The molecule has 2 heterocycles. The molecule has 0 fully saturated rings. The van der Waals surface area contributed by atoms with Gasteiger partial charge in [0.05, 0.1) is 16.3 Å². The molecule has 0 aliphatic rings. The SMILES string of the molecule is Nc1ccc(SCc2nc(-c3cccs3)no2)cc1F. The number of halogens is 1. The van der Waals surface area contributed by atoms with Gasteiger partial charge in [0.2, 0.25) is 11.7 Å². The molecular weight excluding hydrogens is 297 g/mol. The molecule has 4 nitrogen and oxygen atoms in total. The van der Waals surface area contributed by atoms with E-state index >= 15 is 0 Å². The maximum atomic E-state index is 13.3. The quantitative estimate of drug-likeness (QED) is 0.586. The molecule has 2 N–H and O–H groups in total. The molecule has 0 unspecified atom stereocenters. The first kappa shape index (κ1) is 13.1. The van der Waals surface area contributed by atoms with Gasteiger partial charge in [0.15, 0.2) is 0 Å². The van der Waals surface area contributed by atoms with Crippen LogP contribution in [0, 0.1) is 5.82 Å². The molecule has 0 bridgehead atoms. The van der Waals surface area contributed by atoms with Crippen LogP contribution in [-0.4, -0.2) is 10.1 Å². The first-order valence-electron chi connectivity index (χ1n) is 5.76. The number of benzene rings is 1. The lowest BCUT2D eigenvalue weighted by molar-refractivity contribution is 0.392. The van der Waals surface area contributed by atoms with Crippen molar-refractivity contribution in [2.75, 3.05) is 5.73 Å². The molecule has 7 heteroatoms. The number of anilines is 1. The molecule has 0 atom stereocenters. The van der Waals surface area contributed by atoms with Gasteiger partial charge in [-0.25, -0.2) is 4.39 Å². The Morgan fingerprint density at radius 1 is 1.35 bits per heavy atom. The molecule has 0 saturated carbocycles. The van der Waals surface area contributed by atoms with E-state index in [4.69, 9.17) is 10.3 Å². The fraction of sp³-hybridized carbons (Fsp3) is 0.0769. The van der Waals surface area contributed by atoms with E-state index in [9.17, 15) is 4.39 Å². The topological polar surface area (TPSA) is 64.9 Å². The van der Waals surface area contributed by atoms with E-state index < -0.39 is 5.82 Å². The number of thiophene rings is 1. The van der Waals surface area contributed by atoms with Gasteiger partial charge in [-0.3, -0.25) is 0 Å². The second-order valence-corrected chi connectivity index (χ2v) is 5.96. The summed E-state index contributed by atoms with van der Waals surface area (Å²) in [6.07, 6.45) is 0. The van der Waals surface area contributed by atoms with Gasteiger partial charge in [-0.1, -0.05) is 11.2 Å². The third-order valence-corrected chi connectivity index (χ3v) is 4.39. The van der Waals surface area contributed by atoms with Crippen molar-refractivity contribution in [1.29, 1.82) is 0 Å². The van der Waals surface area contributed by atoms with E-state index in [1.165, 1.54) is 17.8 Å². The molecule has 0 aliphatic heterocycles. The van der Waals surface area contributed by atoms with Crippen LogP contribution in [0.15, 0.2) is 45.1 Å². The minimum atomic E-state index is -0.417. The molecule has 2 aromatic heterocycles. The summed E-state index contributed by atoms with van der Waals surface area (Å²) < 4.78 is 18.5. The van der Waals surface area contributed by atoms with Gasteiger partial charge >= 0.3 is 0 Å². The van der Waals surface area contributed by atoms with Crippen molar-refractivity contribution in [3.8, 4) is 10.7 Å². The smallest absolute Gasteiger partial charge is 0.237 e. The van der Waals surface area contributed by atoms with Gasteiger partial charge in [-0.2, -0.15) is 4.98 Å². The van der Waals surface area contributed by atoms with Crippen LogP contribution >= 0.6 is 23.1 Å². The Hall–Kier alpha value is -1.86. The molecular formula is C13H10FN3OS2. The van der Waals surface area contributed by atoms with Crippen LogP contribution in [0.4, 0.5) is 10.1 Å². The van der Waals surface area contributed by atoms with Crippen molar-refractivity contribution in [1.82, 2.24) is 10.1 Å². The third-order valence-electron chi connectivity index (χ3n) is 2.54. The monoisotopic (exact) mass is 307 g/mol. The molecule has 102 valence electrons. The molecule has 0 radical (unpaired) electrons. The lowest BCUT2D eigenvalue weighted by Gasteiger charge is -2.00. The highest BCUT2D eigenvalue weighted by atomic mass is 32.2. The standard InChI is InChI=1S/C13H10FN3OS2/c14-9-6-8(3-4-10(9)15)20-7-12-16-13(17-18-12)11-2-1-5-19-11/h1-6H,7,15H2. The van der Waals surface area contributed by atoms with E-state index in [-0.39, 0.29) is 5.69 Å². The molecule has 0 saturated heterocycles. The number of thioether (sulfide) groups is 1. The van der Waals surface area contributed by atoms with Crippen LogP contribution in [0.25, 0.3) is 10.7 Å². The normalized spacial score (nSPS) is 10.8. The number of hydrogen-bond acceptors (Lipinski definition) is 6. The summed E-state index contributed by atoms with van der Waals surface area (Å²) >= 11 is 2.97. The summed E-state index contributed by atoms with van der Waals surface area (Å²) in [4.78, 5) is 6.03. The second-order valence-electron chi connectivity index (χ2n) is 3.96. The van der Waals surface area contributed by atoms with Gasteiger partial charge < -0.3 is 10.3 Å². The first-order chi connectivity index (χ1) is 9.72. The molecule has 0 aliphatic carbocycles. The zero-order chi connectivity index (χ0) is 13.9. The number of rotatable bonds is 4. The fourth-order valence-corrected chi connectivity index (χ4v) is 2.97. The molecule has 3 aromatic rings. The van der Waals surface area contributed by atoms with Crippen LogP contribution in [0.5, 0.6) is 0 Å². The van der Waals surface area contributed by atoms with E-state index in [0.29, 0.717) is 17.5 Å². The van der Waals surface area contributed by atoms with Gasteiger partial charge in [0.1, 0.15) is 5.82 Å². The number of nitrogens with two attached hydrogens (primary N) is 1. The van der Waals surface area contributed by atoms with Gasteiger partial charge in [-0.15, -0.1) is 23.1 Å². The van der Waals surface area contributed by atoms with Crippen LogP contribution in [-0.2, 0) is 5.75 Å². The number of nitrogen functional groups attached to an aromatic ring is 1. The average molecular weight is 307 g/mol. The number of hydrogen-bond donors (Lipinski definition) is 1. The van der Waals surface area contributed by atoms with Gasteiger partial charge in [0.25, 0.3) is 0 Å². The Balaban J connectivity index is 1.68. The maximum absolute atomic E-state index is 13.3. The predicted octanol–water partition coefficient (Wildman–Crippen LogP) is 3.81. The lowest BCUT2D eigenvalue weighted by atomic mass is 10.3. The zero-order valence-corrected chi connectivity index (χ0v) is 11.9. The average Bonchev–Trinajstić information content (AvgIpc) is 3.09. The predicted molar refractivity (Wildman–Crippen MR) is 78.0 cm³/mol. The summed E-state index contributed by atoms with van der Waals surface area (Å²) in [6, 6.07) is 8.57. The lowest BCUT2D eigenvalue weighted by Crippen LogP contribution is -1.90. The van der Waals surface area contributed by atoms with Crippen LogP contribution in [0.2, 0.25) is 0 Å². The molecule has 1 aromatic carbocycles. The van der Waals surface area contributed by atoms with Gasteiger partial charge in [0, 0.05) is 4.90 Å². The van der Waals surface area contributed by atoms with Crippen molar-refractivity contribution in [3.05, 3.63) is 47.4 Å². The van der Waals surface area contributed by atoms with E-state index in [0.717, 1.165) is 9.77 Å². The van der Waals surface area contributed by atoms with Crippen LogP contribution in [0.1, 0.15) is 5.89 Å². The highest BCUT2D eigenvalue weighted by Crippen LogP contribution is 2.26.